The lowest BCUT2D eigenvalue weighted by Gasteiger charge is -2.31. The summed E-state index contributed by atoms with van der Waals surface area (Å²) in [6.45, 7) is 2.36. The molecule has 1 amide bonds. The second kappa shape index (κ2) is 4.98. The van der Waals surface area contributed by atoms with Gasteiger partial charge in [0, 0.05) is 24.8 Å². The summed E-state index contributed by atoms with van der Waals surface area (Å²) in [6, 6.07) is 17.9. The zero-order valence-corrected chi connectivity index (χ0v) is 12.9. The first-order valence-electron chi connectivity index (χ1n) is 8.16. The van der Waals surface area contributed by atoms with Gasteiger partial charge in [0.05, 0.1) is 0 Å². The van der Waals surface area contributed by atoms with Crippen molar-refractivity contribution in [2.24, 2.45) is 0 Å². The standard InChI is InChI=1S/C20H21NO/c1-14(22)21-12-6-11-20-13-17(15-7-2-4-9-18(15)20)16-8-3-5-10-19(16)20/h2-5,7-10,17H,6,11-13H2,1H3,(H,21,22). The summed E-state index contributed by atoms with van der Waals surface area (Å²) in [5, 5.41) is 2.93. The molecule has 1 N–H and O–H groups in total. The normalized spacial score (nSPS) is 24.0. The highest BCUT2D eigenvalue weighted by Gasteiger charge is 2.51. The van der Waals surface area contributed by atoms with Gasteiger partial charge in [0.15, 0.2) is 0 Å². The fourth-order valence-electron chi connectivity index (χ4n) is 4.60. The third-order valence-corrected chi connectivity index (χ3v) is 5.41. The first-order valence-corrected chi connectivity index (χ1v) is 8.16. The van der Waals surface area contributed by atoms with Gasteiger partial charge < -0.3 is 5.32 Å². The second-order valence-corrected chi connectivity index (χ2v) is 6.60. The molecule has 2 heteroatoms. The molecule has 112 valence electrons. The third kappa shape index (κ3) is 1.83. The maximum atomic E-state index is 11.1. The van der Waals surface area contributed by atoms with Crippen LogP contribution in [0.5, 0.6) is 0 Å². The zero-order valence-electron chi connectivity index (χ0n) is 12.9. The molecule has 2 aromatic carbocycles. The van der Waals surface area contributed by atoms with Crippen LogP contribution in [0.1, 0.15) is 54.4 Å². The van der Waals surface area contributed by atoms with E-state index in [4.69, 9.17) is 0 Å². The van der Waals surface area contributed by atoms with Crippen LogP contribution in [0.3, 0.4) is 0 Å². The summed E-state index contributed by atoms with van der Waals surface area (Å²) in [4.78, 5) is 11.1. The van der Waals surface area contributed by atoms with E-state index in [0.717, 1.165) is 19.4 Å². The molecule has 0 aromatic heterocycles. The number of benzene rings is 2. The number of nitrogens with one attached hydrogen (secondary N) is 1. The molecule has 0 spiro atoms. The van der Waals surface area contributed by atoms with Crippen molar-refractivity contribution in [3.63, 3.8) is 0 Å². The minimum absolute atomic E-state index is 0.0639. The molecule has 0 heterocycles. The minimum Gasteiger partial charge on any atom is -0.356 e. The van der Waals surface area contributed by atoms with Crippen molar-refractivity contribution < 1.29 is 4.79 Å². The van der Waals surface area contributed by atoms with E-state index < -0.39 is 0 Å². The molecule has 22 heavy (non-hydrogen) atoms. The lowest BCUT2D eigenvalue weighted by molar-refractivity contribution is -0.118. The molecular weight excluding hydrogens is 270 g/mol. The van der Waals surface area contributed by atoms with Crippen LogP contribution >= 0.6 is 0 Å². The van der Waals surface area contributed by atoms with Crippen LogP contribution in [0.2, 0.25) is 0 Å². The molecule has 2 aliphatic carbocycles. The molecule has 2 nitrogen and oxygen atoms in total. The van der Waals surface area contributed by atoms with Gasteiger partial charge in [-0.15, -0.1) is 0 Å². The van der Waals surface area contributed by atoms with Crippen LogP contribution in [0.25, 0.3) is 0 Å². The minimum atomic E-state index is 0.0639. The average Bonchev–Trinajstić information content (AvgIpc) is 3.04. The predicted octanol–water partition coefficient (Wildman–Crippen LogP) is 3.74. The van der Waals surface area contributed by atoms with Crippen LogP contribution in [0.4, 0.5) is 0 Å². The molecule has 0 unspecified atom stereocenters. The fourth-order valence-corrected chi connectivity index (χ4v) is 4.60. The van der Waals surface area contributed by atoms with Gasteiger partial charge in [-0.25, -0.2) is 0 Å². The lowest BCUT2D eigenvalue weighted by atomic mass is 9.72. The Labute approximate surface area is 131 Å². The Hall–Kier alpha value is -2.09. The quantitative estimate of drug-likeness (QED) is 0.854. The lowest BCUT2D eigenvalue weighted by Crippen LogP contribution is -2.27. The van der Waals surface area contributed by atoms with Crippen LogP contribution in [-0.2, 0) is 10.2 Å². The average molecular weight is 291 g/mol. The maximum Gasteiger partial charge on any atom is 0.216 e. The summed E-state index contributed by atoms with van der Waals surface area (Å²) in [6.07, 6.45) is 3.33. The van der Waals surface area contributed by atoms with Crippen LogP contribution < -0.4 is 5.32 Å². The van der Waals surface area contributed by atoms with Crippen molar-refractivity contribution in [1.82, 2.24) is 5.32 Å². The maximum absolute atomic E-state index is 11.1. The summed E-state index contributed by atoms with van der Waals surface area (Å²) < 4.78 is 0. The Morgan fingerprint density at radius 1 is 1.09 bits per heavy atom. The first-order chi connectivity index (χ1) is 10.7. The van der Waals surface area contributed by atoms with E-state index in [9.17, 15) is 4.79 Å². The third-order valence-electron chi connectivity index (χ3n) is 5.41. The molecule has 2 bridgehead atoms. The Balaban J connectivity index is 1.70. The van der Waals surface area contributed by atoms with Crippen molar-refractivity contribution in [3.8, 4) is 0 Å². The number of hydrogen-bond donors (Lipinski definition) is 1. The molecular formula is C20H21NO. The monoisotopic (exact) mass is 291 g/mol. The highest BCUT2D eigenvalue weighted by atomic mass is 16.1. The molecule has 0 aliphatic heterocycles. The Bertz CT molecular complexity index is 686. The van der Waals surface area contributed by atoms with Crippen molar-refractivity contribution in [2.75, 3.05) is 6.54 Å². The van der Waals surface area contributed by atoms with Crippen LogP contribution in [0.15, 0.2) is 48.5 Å². The largest absolute Gasteiger partial charge is 0.356 e. The molecule has 0 saturated heterocycles. The van der Waals surface area contributed by atoms with Gasteiger partial charge in [-0.2, -0.15) is 0 Å². The van der Waals surface area contributed by atoms with Gasteiger partial charge in [0.25, 0.3) is 0 Å². The van der Waals surface area contributed by atoms with E-state index in [0.29, 0.717) is 5.92 Å². The highest BCUT2D eigenvalue weighted by Crippen LogP contribution is 2.61. The molecule has 0 radical (unpaired) electrons. The van der Waals surface area contributed by atoms with Gasteiger partial charge >= 0.3 is 0 Å². The predicted molar refractivity (Wildman–Crippen MR) is 88.0 cm³/mol. The van der Waals surface area contributed by atoms with E-state index in [1.165, 1.54) is 28.7 Å². The molecule has 2 aliphatic rings. The second-order valence-electron chi connectivity index (χ2n) is 6.60. The molecule has 0 fully saturated rings. The SMILES string of the molecule is CC(=O)NCCCC12CC(c3ccccc31)c1ccccc12. The number of hydrogen-bond acceptors (Lipinski definition) is 1. The van der Waals surface area contributed by atoms with Crippen molar-refractivity contribution in [3.05, 3.63) is 70.8 Å². The Morgan fingerprint density at radius 2 is 1.68 bits per heavy atom. The van der Waals surface area contributed by atoms with Gasteiger partial charge in [-0.3, -0.25) is 4.79 Å². The summed E-state index contributed by atoms with van der Waals surface area (Å²) in [7, 11) is 0. The van der Waals surface area contributed by atoms with E-state index >= 15 is 0 Å². The van der Waals surface area contributed by atoms with Crippen LogP contribution in [-0.4, -0.2) is 12.5 Å². The topological polar surface area (TPSA) is 29.1 Å². The van der Waals surface area contributed by atoms with E-state index in [1.54, 1.807) is 6.92 Å². The van der Waals surface area contributed by atoms with Crippen molar-refractivity contribution in [2.45, 2.75) is 37.5 Å². The highest BCUT2D eigenvalue weighted by molar-refractivity contribution is 5.72. The van der Waals surface area contributed by atoms with Gasteiger partial charge in [0.1, 0.15) is 0 Å². The molecule has 0 saturated carbocycles. The van der Waals surface area contributed by atoms with Gasteiger partial charge in [-0.1, -0.05) is 48.5 Å². The number of carbonyl (C=O) groups is 1. The number of amides is 1. The number of rotatable bonds is 4. The van der Waals surface area contributed by atoms with Crippen molar-refractivity contribution in [1.29, 1.82) is 0 Å². The molecule has 0 atom stereocenters. The van der Waals surface area contributed by atoms with Gasteiger partial charge in [0.2, 0.25) is 5.91 Å². The van der Waals surface area contributed by atoms with Crippen molar-refractivity contribution >= 4 is 5.91 Å². The Morgan fingerprint density at radius 3 is 2.27 bits per heavy atom. The van der Waals surface area contributed by atoms with E-state index in [2.05, 4.69) is 53.8 Å². The number of fused-ring (bicyclic) bond motifs is 8. The summed E-state index contributed by atoms with van der Waals surface area (Å²) >= 11 is 0. The smallest absolute Gasteiger partial charge is 0.216 e. The Kier molecular flexibility index (Phi) is 3.07. The van der Waals surface area contributed by atoms with Crippen LogP contribution in [0, 0.1) is 0 Å². The molecule has 4 rings (SSSR count). The summed E-state index contributed by atoms with van der Waals surface area (Å²) in [5.41, 5.74) is 6.22. The van der Waals surface area contributed by atoms with E-state index in [1.807, 2.05) is 0 Å². The fraction of sp³-hybridized carbons (Fsp3) is 0.350. The summed E-state index contributed by atoms with van der Waals surface area (Å²) in [5.74, 6) is 0.627. The van der Waals surface area contributed by atoms with E-state index in [-0.39, 0.29) is 11.3 Å². The number of carbonyl (C=O) groups excluding carboxylic acids is 1. The molecule has 2 aromatic rings. The first kappa shape index (κ1) is 13.6. The zero-order chi connectivity index (χ0) is 15.2. The van der Waals surface area contributed by atoms with Gasteiger partial charge in [-0.05, 0) is 41.5 Å².